The Morgan fingerprint density at radius 1 is 0.981 bits per heavy atom. The molecule has 1 fully saturated rings. The Morgan fingerprint density at radius 3 is 2.13 bits per heavy atom. The third kappa shape index (κ3) is 7.83. The van der Waals surface area contributed by atoms with Gasteiger partial charge in [-0.2, -0.15) is 0 Å². The van der Waals surface area contributed by atoms with Crippen molar-refractivity contribution in [3.63, 3.8) is 0 Å². The lowest BCUT2D eigenvalue weighted by Crippen LogP contribution is -2.59. The molecule has 4 N–H and O–H groups in total. The summed E-state index contributed by atoms with van der Waals surface area (Å²) in [6.45, 7) is 26.0. The number of aromatic hydroxyl groups is 2. The minimum Gasteiger partial charge on any atom is -0.504 e. The van der Waals surface area contributed by atoms with E-state index in [2.05, 4.69) is 48.9 Å². The van der Waals surface area contributed by atoms with Crippen LogP contribution in [0, 0.1) is 20.4 Å². The number of methoxy groups -OCH3 is 4. The molecule has 52 heavy (non-hydrogen) atoms. The largest absolute Gasteiger partial charge is 0.504 e. The van der Waals surface area contributed by atoms with Crippen molar-refractivity contribution in [2.75, 3.05) is 61.8 Å². The molecule has 2 aliphatic rings. The van der Waals surface area contributed by atoms with Gasteiger partial charge in [0.05, 0.1) is 47.2 Å². The Balaban J connectivity index is 1.72. The van der Waals surface area contributed by atoms with Crippen molar-refractivity contribution in [2.24, 2.45) is 5.73 Å². The number of nitrogens with two attached hydrogens (primary N) is 1. The molecule has 3 unspecified atom stereocenters. The molecule has 0 saturated carbocycles. The van der Waals surface area contributed by atoms with Crippen LogP contribution >= 0.6 is 0 Å². The van der Waals surface area contributed by atoms with Crippen LogP contribution in [0.25, 0.3) is 4.85 Å². The van der Waals surface area contributed by atoms with Crippen molar-refractivity contribution in [2.45, 2.75) is 109 Å². The number of rotatable bonds is 15. The van der Waals surface area contributed by atoms with E-state index in [4.69, 9.17) is 40.4 Å². The summed E-state index contributed by atoms with van der Waals surface area (Å²) in [6, 6.07) is 0.143. The van der Waals surface area contributed by atoms with Crippen molar-refractivity contribution in [1.29, 1.82) is 0 Å². The van der Waals surface area contributed by atoms with Gasteiger partial charge in [-0.25, -0.2) is 11.5 Å². The predicted molar refractivity (Wildman–Crippen MR) is 206 cm³/mol. The fraction of sp³-hybridized carbons (Fsp3) is 0.667. The Morgan fingerprint density at radius 2 is 1.58 bits per heavy atom. The van der Waals surface area contributed by atoms with Gasteiger partial charge in [0.25, 0.3) is 6.17 Å². The molecule has 0 amide bonds. The van der Waals surface area contributed by atoms with Crippen LogP contribution in [0.5, 0.6) is 34.5 Å². The van der Waals surface area contributed by atoms with Crippen molar-refractivity contribution in [1.82, 2.24) is 9.80 Å². The van der Waals surface area contributed by atoms with Gasteiger partial charge in [0, 0.05) is 54.4 Å². The van der Waals surface area contributed by atoms with Gasteiger partial charge in [-0.1, -0.05) is 27.7 Å². The molecule has 0 spiro atoms. The zero-order valence-electron chi connectivity index (χ0n) is 33.3. The molecule has 4 rings (SSSR count). The van der Waals surface area contributed by atoms with E-state index in [-0.39, 0.29) is 30.1 Å². The summed E-state index contributed by atoms with van der Waals surface area (Å²) in [5.74, 6) is 1.83. The zero-order valence-corrected chi connectivity index (χ0v) is 34.3. The minimum atomic E-state index is -1.90. The van der Waals surface area contributed by atoms with E-state index < -0.39 is 26.6 Å². The molecular formula is C39H62N4O8Si. The first kappa shape index (κ1) is 41.5. The molecule has 2 aliphatic heterocycles. The van der Waals surface area contributed by atoms with Crippen LogP contribution in [0.1, 0.15) is 68.0 Å². The molecule has 2 aromatic carbocycles. The van der Waals surface area contributed by atoms with Crippen molar-refractivity contribution in [3.05, 3.63) is 45.3 Å². The number of nitrogens with zero attached hydrogens (tertiary/aromatic N) is 3. The van der Waals surface area contributed by atoms with Crippen molar-refractivity contribution >= 4 is 8.32 Å². The maximum atomic E-state index is 11.8. The Kier molecular flexibility index (Phi) is 13.8. The average molecular weight is 743 g/mol. The highest BCUT2D eigenvalue weighted by atomic mass is 28.4. The normalized spacial score (nSPS) is 21.1. The Bertz CT molecular complexity index is 1590. The van der Waals surface area contributed by atoms with E-state index in [0.29, 0.717) is 89.1 Å². The molecule has 290 valence electrons. The van der Waals surface area contributed by atoms with Crippen LogP contribution in [0.2, 0.25) is 17.6 Å². The molecule has 13 heteroatoms. The molecule has 5 atom stereocenters. The van der Waals surface area contributed by atoms with Crippen LogP contribution < -0.4 is 24.7 Å². The standard InChI is InChI=1S/C39H62N4O8Si/c1-22(2)52(13,23(3)4)51-16-14-27-21-43(15-17-50-27)39(41-7)30-20-28-32(34(45)38(49-12)25(6)36(28)47-10)33(42(30)8)29(40)18-26-19-31(44)37(48-11)24(5)35(26)46-9/h19,22-23,27,29-30,33,39,44-45H,14-18,20-21,40H2,1-6,8-13H3/t27-,29?,30?,33?,39-/m0/s1. The molecule has 0 bridgehead atoms. The maximum absolute atomic E-state index is 11.8. The number of morpholine rings is 1. The van der Waals surface area contributed by atoms with E-state index in [1.54, 1.807) is 20.3 Å². The van der Waals surface area contributed by atoms with Crippen molar-refractivity contribution in [3.8, 4) is 34.5 Å². The van der Waals surface area contributed by atoms with Gasteiger partial charge in [-0.05, 0) is 63.0 Å². The van der Waals surface area contributed by atoms with Crippen LogP contribution in [-0.4, -0.2) is 114 Å². The highest BCUT2D eigenvalue weighted by Gasteiger charge is 2.48. The van der Waals surface area contributed by atoms with Crippen molar-refractivity contribution < 1.29 is 38.3 Å². The number of benzene rings is 2. The SMILES string of the molecule is [C-]#[N+][C@H](C1Cc2c(OC)c(C)c(OC)c(O)c2C(C(N)Cc2cc(O)c(OC)c(C)c2OC)N1C)N1CCO[C@@H](CCO[Si](C)(C(C)C)C(C)C)C1. The Hall–Kier alpha value is -3.25. The summed E-state index contributed by atoms with van der Waals surface area (Å²) in [5, 5.41) is 22.7. The van der Waals surface area contributed by atoms with Gasteiger partial charge >= 0.3 is 0 Å². The van der Waals surface area contributed by atoms with Gasteiger partial charge in [-0.15, -0.1) is 0 Å². The topological polar surface area (TPSA) is 133 Å². The second-order valence-corrected chi connectivity index (χ2v) is 20.1. The van der Waals surface area contributed by atoms with Crippen LogP contribution in [0.3, 0.4) is 0 Å². The monoisotopic (exact) mass is 742 g/mol. The second kappa shape index (κ2) is 17.3. The van der Waals surface area contributed by atoms with E-state index in [0.717, 1.165) is 12.0 Å². The molecule has 1 saturated heterocycles. The summed E-state index contributed by atoms with van der Waals surface area (Å²) in [6.07, 6.45) is 0.919. The summed E-state index contributed by atoms with van der Waals surface area (Å²) in [4.78, 5) is 8.62. The zero-order chi connectivity index (χ0) is 38.7. The van der Waals surface area contributed by atoms with E-state index in [1.165, 1.54) is 14.2 Å². The lowest BCUT2D eigenvalue weighted by Gasteiger charge is -2.46. The summed E-state index contributed by atoms with van der Waals surface area (Å²) >= 11 is 0. The third-order valence-electron chi connectivity index (χ3n) is 11.8. The third-order valence-corrected chi connectivity index (χ3v) is 17.2. The first-order valence-corrected chi connectivity index (χ1v) is 20.9. The number of phenolic OH excluding ortho intramolecular Hbond substituents is 2. The van der Waals surface area contributed by atoms with Gasteiger partial charge in [0.15, 0.2) is 31.3 Å². The van der Waals surface area contributed by atoms with Gasteiger partial charge in [0.2, 0.25) is 0 Å². The fourth-order valence-corrected chi connectivity index (χ4v) is 11.0. The molecule has 12 nitrogen and oxygen atoms in total. The quantitative estimate of drug-likeness (QED) is 0.147. The Labute approximate surface area is 312 Å². The van der Waals surface area contributed by atoms with E-state index >= 15 is 0 Å². The van der Waals surface area contributed by atoms with Crippen LogP contribution in [0.15, 0.2) is 6.07 Å². The van der Waals surface area contributed by atoms with E-state index in [1.807, 2.05) is 20.9 Å². The first-order chi connectivity index (χ1) is 24.6. The van der Waals surface area contributed by atoms with Crippen LogP contribution in [-0.2, 0) is 22.0 Å². The first-order valence-electron chi connectivity index (χ1n) is 18.3. The number of hydrogen-bond acceptors (Lipinski definition) is 11. The molecule has 2 heterocycles. The smallest absolute Gasteiger partial charge is 0.295 e. The summed E-state index contributed by atoms with van der Waals surface area (Å²) in [5.41, 5.74) is 11.6. The number of fused-ring (bicyclic) bond motifs is 1. The predicted octanol–water partition coefficient (Wildman–Crippen LogP) is 5.96. The summed E-state index contributed by atoms with van der Waals surface area (Å²) in [7, 11) is 6.29. The summed E-state index contributed by atoms with van der Waals surface area (Å²) < 4.78 is 35.8. The second-order valence-electron chi connectivity index (χ2n) is 15.1. The highest BCUT2D eigenvalue weighted by Crippen LogP contribution is 2.52. The fourth-order valence-electron chi connectivity index (χ4n) is 8.41. The van der Waals surface area contributed by atoms with Gasteiger partial charge in [-0.3, -0.25) is 9.74 Å². The van der Waals surface area contributed by atoms with Gasteiger partial charge in [0.1, 0.15) is 17.5 Å². The molecule has 2 aromatic rings. The van der Waals surface area contributed by atoms with Crippen LogP contribution in [0.4, 0.5) is 0 Å². The molecule has 0 aliphatic carbocycles. The van der Waals surface area contributed by atoms with E-state index in [9.17, 15) is 10.2 Å². The molecule has 0 radical (unpaired) electrons. The van der Waals surface area contributed by atoms with Gasteiger partial charge < -0.3 is 44.1 Å². The number of hydrogen-bond donors (Lipinski definition) is 3. The average Bonchev–Trinajstić information content (AvgIpc) is 3.09. The molecule has 0 aromatic heterocycles. The number of phenols is 2. The maximum Gasteiger partial charge on any atom is 0.295 e. The number of ether oxygens (including phenoxy) is 5. The highest BCUT2D eigenvalue weighted by molar-refractivity contribution is 6.75. The lowest BCUT2D eigenvalue weighted by molar-refractivity contribution is -0.0593. The lowest BCUT2D eigenvalue weighted by atomic mass is 9.80. The minimum absolute atomic E-state index is 0.00594. The number of likely N-dealkylation sites (N-methyl/N-ethyl adjacent to an activating group) is 1. The molecular weight excluding hydrogens is 681 g/mol.